The van der Waals surface area contributed by atoms with Crippen molar-refractivity contribution in [3.05, 3.63) is 24.3 Å². The molecular weight excluding hydrogens is 300 g/mol. The third-order valence-electron chi connectivity index (χ3n) is 3.81. The summed E-state index contributed by atoms with van der Waals surface area (Å²) in [6, 6.07) is 7.59. The van der Waals surface area contributed by atoms with Gasteiger partial charge in [-0.1, -0.05) is 13.0 Å². The Morgan fingerprint density at radius 2 is 2.00 bits per heavy atom. The molecular formula is C16H22N2O3S. The molecule has 1 fully saturated rings. The third-order valence-corrected chi connectivity index (χ3v) is 4.69. The number of anilines is 1. The maximum absolute atomic E-state index is 12.0. The van der Waals surface area contributed by atoms with E-state index < -0.39 is 5.97 Å². The highest BCUT2D eigenvalue weighted by Crippen LogP contribution is 2.25. The van der Waals surface area contributed by atoms with Crippen LogP contribution in [0.5, 0.6) is 0 Å². The van der Waals surface area contributed by atoms with Crippen molar-refractivity contribution in [2.45, 2.75) is 43.5 Å². The lowest BCUT2D eigenvalue weighted by atomic mass is 9.86. The van der Waals surface area contributed by atoms with Gasteiger partial charge in [0.05, 0.1) is 5.92 Å². The van der Waals surface area contributed by atoms with E-state index in [9.17, 15) is 9.59 Å². The summed E-state index contributed by atoms with van der Waals surface area (Å²) in [5.41, 5.74) is 0.773. The second-order valence-electron chi connectivity index (χ2n) is 5.45. The Morgan fingerprint density at radius 1 is 1.27 bits per heavy atom. The molecule has 1 aromatic carbocycles. The van der Waals surface area contributed by atoms with Crippen LogP contribution in [0.25, 0.3) is 0 Å². The van der Waals surface area contributed by atoms with E-state index in [1.807, 2.05) is 24.3 Å². The van der Waals surface area contributed by atoms with Crippen LogP contribution in [0.1, 0.15) is 32.6 Å². The number of thioether (sulfide) groups is 1. The molecule has 5 nitrogen and oxygen atoms in total. The first-order valence-corrected chi connectivity index (χ1v) is 8.60. The van der Waals surface area contributed by atoms with Gasteiger partial charge in [0.25, 0.3) is 0 Å². The van der Waals surface area contributed by atoms with Crippen LogP contribution in [0, 0.1) is 5.92 Å². The molecule has 6 heteroatoms. The van der Waals surface area contributed by atoms with Crippen LogP contribution in [0.3, 0.4) is 0 Å². The van der Waals surface area contributed by atoms with Crippen LogP contribution >= 0.6 is 11.8 Å². The molecule has 1 aliphatic rings. The number of carbonyl (C=O) groups excluding carboxylic acids is 1. The van der Waals surface area contributed by atoms with Gasteiger partial charge in [0.2, 0.25) is 0 Å². The second-order valence-corrected chi connectivity index (χ2v) is 6.78. The summed E-state index contributed by atoms with van der Waals surface area (Å²) in [6.07, 6.45) is 2.69. The molecule has 1 saturated carbocycles. The molecule has 0 aliphatic heterocycles. The van der Waals surface area contributed by atoms with Crippen molar-refractivity contribution in [1.82, 2.24) is 5.32 Å². The lowest BCUT2D eigenvalue weighted by molar-refractivity contribution is -0.142. The van der Waals surface area contributed by atoms with Gasteiger partial charge in [-0.15, -0.1) is 11.8 Å². The lowest BCUT2D eigenvalue weighted by Gasteiger charge is -2.26. The van der Waals surface area contributed by atoms with Gasteiger partial charge in [0, 0.05) is 16.6 Å². The second kappa shape index (κ2) is 8.08. The van der Waals surface area contributed by atoms with Crippen LogP contribution in [0.15, 0.2) is 29.2 Å². The molecule has 0 unspecified atom stereocenters. The van der Waals surface area contributed by atoms with E-state index in [1.165, 1.54) is 0 Å². The molecule has 0 radical (unpaired) electrons. The minimum absolute atomic E-state index is 0.0591. The molecule has 1 aliphatic carbocycles. The van der Waals surface area contributed by atoms with Crippen LogP contribution in [0.2, 0.25) is 0 Å². The quantitative estimate of drug-likeness (QED) is 0.724. The number of aliphatic carboxylic acids is 1. The van der Waals surface area contributed by atoms with E-state index >= 15 is 0 Å². The standard InChI is InChI=1S/C16H22N2O3S/c1-2-22-14-5-3-4-13(10-14)18-16(21)17-12-8-6-11(7-9-12)15(19)20/h3-5,10-12H,2,6-9H2,1H3,(H,19,20)(H2,17,18,21). The van der Waals surface area contributed by atoms with Crippen molar-refractivity contribution in [2.24, 2.45) is 5.92 Å². The van der Waals surface area contributed by atoms with E-state index in [-0.39, 0.29) is 18.0 Å². The molecule has 1 aromatic rings. The zero-order chi connectivity index (χ0) is 15.9. The molecule has 2 rings (SSSR count). The maximum Gasteiger partial charge on any atom is 0.319 e. The predicted octanol–water partition coefficient (Wildman–Crippen LogP) is 3.56. The van der Waals surface area contributed by atoms with Gasteiger partial charge in [-0.25, -0.2) is 4.79 Å². The number of amides is 2. The number of carbonyl (C=O) groups is 2. The van der Waals surface area contributed by atoms with Crippen LogP contribution in [-0.4, -0.2) is 28.9 Å². The average molecular weight is 322 g/mol. The predicted molar refractivity (Wildman–Crippen MR) is 88.4 cm³/mol. The Morgan fingerprint density at radius 3 is 2.64 bits per heavy atom. The van der Waals surface area contributed by atoms with Crippen molar-refractivity contribution in [2.75, 3.05) is 11.1 Å². The Balaban J connectivity index is 1.81. The molecule has 0 aromatic heterocycles. The van der Waals surface area contributed by atoms with Gasteiger partial charge in [-0.2, -0.15) is 0 Å². The van der Waals surface area contributed by atoms with E-state index in [4.69, 9.17) is 5.11 Å². The van der Waals surface area contributed by atoms with Crippen LogP contribution in [0.4, 0.5) is 10.5 Å². The number of urea groups is 1. The fourth-order valence-corrected chi connectivity index (χ4v) is 3.39. The number of benzene rings is 1. The van der Waals surface area contributed by atoms with Crippen LogP contribution < -0.4 is 10.6 Å². The molecule has 0 bridgehead atoms. The Bertz CT molecular complexity index is 528. The summed E-state index contributed by atoms with van der Waals surface area (Å²) in [5, 5.41) is 14.7. The van der Waals surface area contributed by atoms with Crippen molar-refractivity contribution < 1.29 is 14.7 Å². The molecule has 0 saturated heterocycles. The summed E-state index contributed by atoms with van der Waals surface area (Å²) < 4.78 is 0. The monoisotopic (exact) mass is 322 g/mol. The molecule has 2 amide bonds. The summed E-state index contributed by atoms with van der Waals surface area (Å²) in [6.45, 7) is 2.09. The van der Waals surface area contributed by atoms with Gasteiger partial charge < -0.3 is 15.7 Å². The normalized spacial score (nSPS) is 21.1. The molecule has 0 heterocycles. The summed E-state index contributed by atoms with van der Waals surface area (Å²) >= 11 is 1.73. The fourth-order valence-electron chi connectivity index (χ4n) is 2.67. The maximum atomic E-state index is 12.0. The number of hydrogen-bond donors (Lipinski definition) is 3. The molecule has 120 valence electrons. The Hall–Kier alpha value is -1.69. The summed E-state index contributed by atoms with van der Waals surface area (Å²) in [7, 11) is 0. The smallest absolute Gasteiger partial charge is 0.319 e. The van der Waals surface area contributed by atoms with Gasteiger partial charge in [-0.3, -0.25) is 4.79 Å². The van der Waals surface area contributed by atoms with Crippen molar-refractivity contribution in [1.29, 1.82) is 0 Å². The van der Waals surface area contributed by atoms with Crippen molar-refractivity contribution >= 4 is 29.4 Å². The van der Waals surface area contributed by atoms with Gasteiger partial charge in [0.15, 0.2) is 0 Å². The first kappa shape index (κ1) is 16.7. The highest BCUT2D eigenvalue weighted by molar-refractivity contribution is 7.99. The molecule has 0 spiro atoms. The van der Waals surface area contributed by atoms with Gasteiger partial charge in [0.1, 0.15) is 0 Å². The van der Waals surface area contributed by atoms with E-state index in [1.54, 1.807) is 11.8 Å². The minimum atomic E-state index is -0.729. The molecule has 22 heavy (non-hydrogen) atoms. The lowest BCUT2D eigenvalue weighted by Crippen LogP contribution is -2.40. The van der Waals surface area contributed by atoms with Gasteiger partial charge >= 0.3 is 12.0 Å². The van der Waals surface area contributed by atoms with E-state index in [0.717, 1.165) is 29.2 Å². The topological polar surface area (TPSA) is 78.4 Å². The molecule has 3 N–H and O–H groups in total. The minimum Gasteiger partial charge on any atom is -0.481 e. The summed E-state index contributed by atoms with van der Waals surface area (Å²) in [4.78, 5) is 24.1. The fraction of sp³-hybridized carbons (Fsp3) is 0.500. The Labute approximate surface area is 134 Å². The number of hydrogen-bond acceptors (Lipinski definition) is 3. The first-order chi connectivity index (χ1) is 10.6. The van der Waals surface area contributed by atoms with Gasteiger partial charge in [-0.05, 0) is 49.6 Å². The third kappa shape index (κ3) is 4.94. The number of carboxylic acid groups (broad SMARTS) is 1. The molecule has 0 atom stereocenters. The zero-order valence-corrected chi connectivity index (χ0v) is 13.5. The average Bonchev–Trinajstić information content (AvgIpc) is 2.48. The van der Waals surface area contributed by atoms with Crippen molar-refractivity contribution in [3.63, 3.8) is 0 Å². The van der Waals surface area contributed by atoms with Crippen LogP contribution in [-0.2, 0) is 4.79 Å². The zero-order valence-electron chi connectivity index (χ0n) is 12.7. The Kier molecular flexibility index (Phi) is 6.12. The SMILES string of the molecule is CCSc1cccc(NC(=O)NC2CCC(C(=O)O)CC2)c1. The number of carboxylic acids is 1. The largest absolute Gasteiger partial charge is 0.481 e. The van der Waals surface area contributed by atoms with E-state index in [2.05, 4.69) is 17.6 Å². The highest BCUT2D eigenvalue weighted by Gasteiger charge is 2.26. The summed E-state index contributed by atoms with van der Waals surface area (Å²) in [5.74, 6) is -0.000328. The highest BCUT2D eigenvalue weighted by atomic mass is 32.2. The first-order valence-electron chi connectivity index (χ1n) is 7.61. The van der Waals surface area contributed by atoms with E-state index in [0.29, 0.717) is 12.8 Å². The number of nitrogens with one attached hydrogen (secondary N) is 2. The number of rotatable bonds is 5. The van der Waals surface area contributed by atoms with Crippen molar-refractivity contribution in [3.8, 4) is 0 Å².